The molecule has 0 heterocycles. The second-order valence-corrected chi connectivity index (χ2v) is 3.86. The maximum absolute atomic E-state index is 12.3. The number of hydrogen-bond donors (Lipinski definition) is 1. The highest BCUT2D eigenvalue weighted by molar-refractivity contribution is 4.90. The van der Waals surface area contributed by atoms with Gasteiger partial charge in [-0.05, 0) is 12.8 Å². The predicted molar refractivity (Wildman–Crippen MR) is 50.5 cm³/mol. The summed E-state index contributed by atoms with van der Waals surface area (Å²) in [7, 11) is 1.47. The lowest BCUT2D eigenvalue weighted by Crippen LogP contribution is -2.48. The molecule has 15 heavy (non-hydrogen) atoms. The molecule has 0 amide bonds. The van der Waals surface area contributed by atoms with Crippen LogP contribution in [0.4, 0.5) is 13.2 Å². The minimum Gasteiger partial charge on any atom is -0.383 e. The van der Waals surface area contributed by atoms with Crippen LogP contribution in [-0.4, -0.2) is 50.0 Å². The fraction of sp³-hybridized carbons (Fsp3) is 1.00. The van der Waals surface area contributed by atoms with Crippen LogP contribution in [0.5, 0.6) is 0 Å². The van der Waals surface area contributed by atoms with Crippen LogP contribution in [-0.2, 0) is 4.74 Å². The van der Waals surface area contributed by atoms with E-state index in [2.05, 4.69) is 0 Å². The van der Waals surface area contributed by atoms with E-state index in [0.717, 1.165) is 12.8 Å². The van der Waals surface area contributed by atoms with E-state index >= 15 is 0 Å². The topological polar surface area (TPSA) is 38.5 Å². The van der Waals surface area contributed by atoms with Crippen molar-refractivity contribution in [1.29, 1.82) is 0 Å². The molecule has 1 fully saturated rings. The van der Waals surface area contributed by atoms with Crippen molar-refractivity contribution in [3.05, 3.63) is 0 Å². The van der Waals surface area contributed by atoms with Gasteiger partial charge in [0, 0.05) is 25.7 Å². The van der Waals surface area contributed by atoms with Crippen molar-refractivity contribution < 1.29 is 17.9 Å². The summed E-state index contributed by atoms with van der Waals surface area (Å²) in [4.78, 5) is 1.42. The Hall–Kier alpha value is -0.330. The molecule has 0 aromatic carbocycles. The average molecular weight is 226 g/mol. The van der Waals surface area contributed by atoms with Crippen molar-refractivity contribution in [2.24, 2.45) is 5.73 Å². The number of nitrogens with zero attached hydrogens (tertiary/aromatic N) is 1. The molecule has 2 N–H and O–H groups in total. The van der Waals surface area contributed by atoms with Gasteiger partial charge in [-0.15, -0.1) is 0 Å². The van der Waals surface area contributed by atoms with Crippen LogP contribution in [0.3, 0.4) is 0 Å². The Morgan fingerprint density at radius 1 is 1.47 bits per heavy atom. The highest BCUT2D eigenvalue weighted by Gasteiger charge is 2.40. The molecule has 0 radical (unpaired) electrons. The van der Waals surface area contributed by atoms with Crippen molar-refractivity contribution in [2.45, 2.75) is 31.1 Å². The maximum Gasteiger partial charge on any atom is 0.401 e. The number of alkyl halides is 3. The van der Waals surface area contributed by atoms with Crippen LogP contribution in [0.15, 0.2) is 0 Å². The van der Waals surface area contributed by atoms with Crippen LogP contribution in [0.2, 0.25) is 0 Å². The van der Waals surface area contributed by atoms with Gasteiger partial charge in [0.2, 0.25) is 0 Å². The zero-order valence-electron chi connectivity index (χ0n) is 8.76. The summed E-state index contributed by atoms with van der Waals surface area (Å²) in [5.41, 5.74) is 5.46. The van der Waals surface area contributed by atoms with E-state index in [1.807, 2.05) is 0 Å². The van der Waals surface area contributed by atoms with Gasteiger partial charge in [0.15, 0.2) is 0 Å². The molecule has 0 spiro atoms. The lowest BCUT2D eigenvalue weighted by atomic mass is 10.2. The van der Waals surface area contributed by atoms with E-state index in [-0.39, 0.29) is 25.2 Å². The fourth-order valence-corrected chi connectivity index (χ4v) is 1.66. The van der Waals surface area contributed by atoms with Crippen LogP contribution < -0.4 is 5.73 Å². The lowest BCUT2D eigenvalue weighted by Gasteiger charge is -2.31. The Labute approximate surface area is 87.4 Å². The van der Waals surface area contributed by atoms with Crippen LogP contribution >= 0.6 is 0 Å². The Bertz CT molecular complexity index is 194. The summed E-state index contributed by atoms with van der Waals surface area (Å²) in [6.45, 7) is -0.438. The second kappa shape index (κ2) is 5.14. The summed E-state index contributed by atoms with van der Waals surface area (Å²) in [5, 5.41) is 0. The summed E-state index contributed by atoms with van der Waals surface area (Å²) in [5.74, 6) is 0. The first-order valence-electron chi connectivity index (χ1n) is 4.99. The van der Waals surface area contributed by atoms with Crippen LogP contribution in [0.1, 0.15) is 12.8 Å². The maximum atomic E-state index is 12.3. The molecule has 1 aliphatic rings. The number of hydrogen-bond acceptors (Lipinski definition) is 3. The van der Waals surface area contributed by atoms with E-state index in [0.29, 0.717) is 0 Å². The summed E-state index contributed by atoms with van der Waals surface area (Å²) in [6.07, 6.45) is -2.50. The SMILES string of the molecule is COCC(CN)N(CC(F)(F)F)C1CC1. The van der Waals surface area contributed by atoms with Gasteiger partial charge in [-0.2, -0.15) is 13.2 Å². The van der Waals surface area contributed by atoms with Crippen molar-refractivity contribution in [3.63, 3.8) is 0 Å². The van der Waals surface area contributed by atoms with E-state index < -0.39 is 12.7 Å². The summed E-state index contributed by atoms with van der Waals surface area (Å²) in [6, 6.07) is -0.292. The highest BCUT2D eigenvalue weighted by Crippen LogP contribution is 2.31. The monoisotopic (exact) mass is 226 g/mol. The predicted octanol–water partition coefficient (Wildman–Crippen LogP) is 0.987. The van der Waals surface area contributed by atoms with E-state index in [1.54, 1.807) is 0 Å². The largest absolute Gasteiger partial charge is 0.401 e. The molecule has 0 saturated heterocycles. The van der Waals surface area contributed by atoms with Gasteiger partial charge in [-0.25, -0.2) is 0 Å². The second-order valence-electron chi connectivity index (χ2n) is 3.86. The first-order chi connectivity index (χ1) is 6.98. The Morgan fingerprint density at radius 2 is 2.07 bits per heavy atom. The molecular formula is C9H17F3N2O. The van der Waals surface area contributed by atoms with Gasteiger partial charge in [-0.1, -0.05) is 0 Å². The first-order valence-corrected chi connectivity index (χ1v) is 4.99. The molecule has 1 atom stereocenters. The standard InChI is InChI=1S/C9H17F3N2O/c1-15-5-8(4-13)14(7-2-3-7)6-9(10,11)12/h7-8H,2-6,13H2,1H3. The van der Waals surface area contributed by atoms with Gasteiger partial charge in [0.05, 0.1) is 13.2 Å². The zero-order valence-corrected chi connectivity index (χ0v) is 8.76. The Balaban J connectivity index is 2.54. The van der Waals surface area contributed by atoms with Crippen molar-refractivity contribution in [2.75, 3.05) is 26.8 Å². The van der Waals surface area contributed by atoms with E-state index in [9.17, 15) is 13.2 Å². The highest BCUT2D eigenvalue weighted by atomic mass is 19.4. The van der Waals surface area contributed by atoms with Crippen LogP contribution in [0.25, 0.3) is 0 Å². The van der Waals surface area contributed by atoms with Gasteiger partial charge in [-0.3, -0.25) is 4.90 Å². The van der Waals surface area contributed by atoms with E-state index in [4.69, 9.17) is 10.5 Å². The van der Waals surface area contributed by atoms with Gasteiger partial charge in [0.25, 0.3) is 0 Å². The lowest BCUT2D eigenvalue weighted by molar-refractivity contribution is -0.154. The number of halogens is 3. The number of nitrogens with two attached hydrogens (primary N) is 1. The van der Waals surface area contributed by atoms with Gasteiger partial charge < -0.3 is 10.5 Å². The minimum absolute atomic E-state index is 0.0373. The third-order valence-corrected chi connectivity index (χ3v) is 2.48. The summed E-state index contributed by atoms with van der Waals surface area (Å²) < 4.78 is 41.8. The molecule has 3 nitrogen and oxygen atoms in total. The summed E-state index contributed by atoms with van der Waals surface area (Å²) >= 11 is 0. The fourth-order valence-electron chi connectivity index (χ4n) is 1.66. The molecule has 0 aromatic heterocycles. The normalized spacial score (nSPS) is 19.6. The Morgan fingerprint density at radius 3 is 2.40 bits per heavy atom. The molecule has 0 aromatic rings. The zero-order chi connectivity index (χ0) is 11.5. The molecule has 0 bridgehead atoms. The molecule has 1 unspecified atom stereocenters. The van der Waals surface area contributed by atoms with Crippen molar-refractivity contribution in [1.82, 2.24) is 4.90 Å². The molecule has 6 heteroatoms. The minimum atomic E-state index is -4.16. The molecule has 0 aliphatic heterocycles. The number of rotatable bonds is 6. The molecule has 1 rings (SSSR count). The number of ether oxygens (including phenoxy) is 1. The Kier molecular flexibility index (Phi) is 4.36. The smallest absolute Gasteiger partial charge is 0.383 e. The van der Waals surface area contributed by atoms with Gasteiger partial charge >= 0.3 is 6.18 Å². The molecule has 90 valence electrons. The van der Waals surface area contributed by atoms with Gasteiger partial charge in [0.1, 0.15) is 0 Å². The quantitative estimate of drug-likeness (QED) is 0.734. The number of methoxy groups -OCH3 is 1. The first kappa shape index (κ1) is 12.7. The molecule has 1 saturated carbocycles. The van der Waals surface area contributed by atoms with E-state index in [1.165, 1.54) is 12.0 Å². The van der Waals surface area contributed by atoms with Crippen LogP contribution in [0, 0.1) is 0 Å². The van der Waals surface area contributed by atoms with Crippen molar-refractivity contribution >= 4 is 0 Å². The molecular weight excluding hydrogens is 209 g/mol. The molecule has 1 aliphatic carbocycles. The third kappa shape index (κ3) is 4.36. The average Bonchev–Trinajstić information content (AvgIpc) is 2.92. The van der Waals surface area contributed by atoms with Crippen molar-refractivity contribution in [3.8, 4) is 0 Å². The third-order valence-electron chi connectivity index (χ3n) is 2.48.